The van der Waals surface area contributed by atoms with Gasteiger partial charge in [0, 0.05) is 0 Å². The molecule has 0 radical (unpaired) electrons. The molecule has 0 aromatic carbocycles. The summed E-state index contributed by atoms with van der Waals surface area (Å²) in [4.78, 5) is 0. The van der Waals surface area contributed by atoms with Gasteiger partial charge in [-0.15, -0.1) is 0 Å². The molecule has 1 nitrogen and oxygen atoms in total. The molecule has 0 bridgehead atoms. The maximum absolute atomic E-state index is 2.78. The van der Waals surface area contributed by atoms with E-state index in [4.69, 9.17) is 0 Å². The van der Waals surface area contributed by atoms with Gasteiger partial charge in [0.25, 0.3) is 0 Å². The van der Waals surface area contributed by atoms with Crippen LogP contribution in [0.2, 0.25) is 18.6 Å². The van der Waals surface area contributed by atoms with Gasteiger partial charge in [0.05, 0.1) is 0 Å². The van der Waals surface area contributed by atoms with Crippen molar-refractivity contribution < 1.29 is 0 Å². The lowest BCUT2D eigenvalue weighted by molar-refractivity contribution is 0.339. The van der Waals surface area contributed by atoms with Crippen LogP contribution in [0.1, 0.15) is 47.5 Å². The third-order valence-electron chi connectivity index (χ3n) is 3.53. The van der Waals surface area contributed by atoms with E-state index in [0.717, 1.165) is 5.54 Å². The number of unbranched alkanes of at least 4 members (excludes halogenated alkanes) is 1. The Morgan fingerprint density at radius 3 is 1.86 bits per heavy atom. The molecule has 0 aliphatic heterocycles. The Balaban J connectivity index is 4.47. The molecule has 0 aromatic rings. The topological polar surface area (TPSA) is 3.24 Å². The highest BCUT2D eigenvalue weighted by Gasteiger charge is 2.33. The van der Waals surface area contributed by atoms with Gasteiger partial charge in [0.15, 0.2) is 0 Å². The van der Waals surface area contributed by atoms with Gasteiger partial charge >= 0.3 is 0 Å². The largest absolute Gasteiger partial charge is 0.321 e. The first-order valence-electron chi connectivity index (χ1n) is 6.10. The molecule has 0 spiro atoms. The van der Waals surface area contributed by atoms with E-state index >= 15 is 0 Å². The lowest BCUT2D eigenvalue weighted by Gasteiger charge is -2.43. The molecule has 0 unspecified atom stereocenters. The van der Waals surface area contributed by atoms with Crippen molar-refractivity contribution in [2.45, 2.75) is 72.1 Å². The number of nitrogens with zero attached hydrogens (tertiary/aromatic N) is 1. The second-order valence-corrected chi connectivity index (χ2v) is 10.5. The summed E-state index contributed by atoms with van der Waals surface area (Å²) in [6.45, 7) is 18.0. The second-order valence-electron chi connectivity index (χ2n) is 5.45. The molecule has 0 saturated heterocycles. The van der Waals surface area contributed by atoms with Crippen LogP contribution in [0.4, 0.5) is 0 Å². The Labute approximate surface area is 92.0 Å². The van der Waals surface area contributed by atoms with E-state index in [-0.39, 0.29) is 0 Å². The number of hydrogen-bond acceptors (Lipinski definition) is 1. The molecular weight excluding hydrogens is 186 g/mol. The van der Waals surface area contributed by atoms with Gasteiger partial charge in [-0.3, -0.25) is 0 Å². The standard InChI is InChI=1S/C12H29NSi/c1-8-9-10-13(11(2)3)14(6,7)12(4)5/h11-12H,8-10H2,1-7H3. The van der Waals surface area contributed by atoms with Gasteiger partial charge in [-0.1, -0.05) is 54.1 Å². The predicted octanol–water partition coefficient (Wildman–Crippen LogP) is 4.11. The van der Waals surface area contributed by atoms with Crippen LogP contribution in [0.25, 0.3) is 0 Å². The fourth-order valence-electron chi connectivity index (χ4n) is 1.87. The second kappa shape index (κ2) is 5.91. The Kier molecular flexibility index (Phi) is 5.99. The first-order chi connectivity index (χ1) is 6.34. The monoisotopic (exact) mass is 215 g/mol. The summed E-state index contributed by atoms with van der Waals surface area (Å²) in [5.74, 6) is 0. The molecule has 0 N–H and O–H groups in total. The summed E-state index contributed by atoms with van der Waals surface area (Å²) in [6.07, 6.45) is 2.66. The smallest absolute Gasteiger partial charge is 0.125 e. The van der Waals surface area contributed by atoms with Crippen LogP contribution in [0.5, 0.6) is 0 Å². The van der Waals surface area contributed by atoms with E-state index in [1.807, 2.05) is 0 Å². The average molecular weight is 215 g/mol. The van der Waals surface area contributed by atoms with Gasteiger partial charge < -0.3 is 4.57 Å². The maximum Gasteiger partial charge on any atom is 0.125 e. The molecule has 0 saturated carbocycles. The van der Waals surface area contributed by atoms with Crippen molar-refractivity contribution in [1.29, 1.82) is 0 Å². The van der Waals surface area contributed by atoms with Gasteiger partial charge in [0.2, 0.25) is 0 Å². The van der Waals surface area contributed by atoms with Crippen LogP contribution in [0.3, 0.4) is 0 Å². The van der Waals surface area contributed by atoms with Crippen molar-refractivity contribution in [2.75, 3.05) is 6.54 Å². The van der Waals surface area contributed by atoms with Crippen LogP contribution in [-0.2, 0) is 0 Å². The zero-order chi connectivity index (χ0) is 11.4. The van der Waals surface area contributed by atoms with E-state index < -0.39 is 8.24 Å². The van der Waals surface area contributed by atoms with E-state index in [2.05, 4.69) is 52.3 Å². The third kappa shape index (κ3) is 3.74. The Hall–Kier alpha value is 0.177. The summed E-state index contributed by atoms with van der Waals surface area (Å²) < 4.78 is 2.78. The van der Waals surface area contributed by atoms with Crippen molar-refractivity contribution in [3.05, 3.63) is 0 Å². The van der Waals surface area contributed by atoms with Gasteiger partial charge in [0.1, 0.15) is 8.24 Å². The molecule has 0 fully saturated rings. The fourth-order valence-corrected chi connectivity index (χ4v) is 4.60. The van der Waals surface area contributed by atoms with Crippen LogP contribution < -0.4 is 0 Å². The Bertz CT molecular complexity index is 152. The number of hydrogen-bond donors (Lipinski definition) is 0. The van der Waals surface area contributed by atoms with Crippen LogP contribution >= 0.6 is 0 Å². The molecular formula is C12H29NSi. The van der Waals surface area contributed by atoms with Crippen molar-refractivity contribution in [3.63, 3.8) is 0 Å². The molecule has 0 aliphatic rings. The summed E-state index contributed by atoms with van der Waals surface area (Å²) in [5.41, 5.74) is 0.849. The molecule has 0 rings (SSSR count). The Morgan fingerprint density at radius 1 is 1.07 bits per heavy atom. The zero-order valence-electron chi connectivity index (χ0n) is 11.2. The molecule has 0 heterocycles. The first kappa shape index (κ1) is 14.2. The summed E-state index contributed by atoms with van der Waals surface area (Å²) in [7, 11) is -1.18. The highest BCUT2D eigenvalue weighted by atomic mass is 28.3. The SMILES string of the molecule is CCCCN(C(C)C)[Si](C)(C)C(C)C. The quantitative estimate of drug-likeness (QED) is 0.603. The molecule has 0 aromatic heterocycles. The highest BCUT2D eigenvalue weighted by Crippen LogP contribution is 2.26. The maximum atomic E-state index is 2.78. The molecule has 0 amide bonds. The lowest BCUT2D eigenvalue weighted by Crippen LogP contribution is -2.54. The lowest BCUT2D eigenvalue weighted by atomic mass is 10.3. The predicted molar refractivity (Wildman–Crippen MR) is 69.3 cm³/mol. The van der Waals surface area contributed by atoms with Gasteiger partial charge in [-0.05, 0) is 24.5 Å². The van der Waals surface area contributed by atoms with E-state index in [0.29, 0.717) is 6.04 Å². The fraction of sp³-hybridized carbons (Fsp3) is 1.00. The average Bonchev–Trinajstić information content (AvgIpc) is 2.03. The van der Waals surface area contributed by atoms with E-state index in [9.17, 15) is 0 Å². The molecule has 2 heteroatoms. The Morgan fingerprint density at radius 2 is 1.57 bits per heavy atom. The summed E-state index contributed by atoms with van der Waals surface area (Å²) >= 11 is 0. The molecule has 0 atom stereocenters. The van der Waals surface area contributed by atoms with Crippen LogP contribution in [0, 0.1) is 0 Å². The summed E-state index contributed by atoms with van der Waals surface area (Å²) in [6, 6.07) is 0.714. The number of rotatable bonds is 6. The first-order valence-corrected chi connectivity index (χ1v) is 9.13. The minimum atomic E-state index is -1.18. The molecule has 14 heavy (non-hydrogen) atoms. The van der Waals surface area contributed by atoms with Crippen molar-refractivity contribution in [3.8, 4) is 0 Å². The van der Waals surface area contributed by atoms with Gasteiger partial charge in [-0.2, -0.15) is 0 Å². The van der Waals surface area contributed by atoms with Crippen LogP contribution in [0.15, 0.2) is 0 Å². The summed E-state index contributed by atoms with van der Waals surface area (Å²) in [5, 5.41) is 0. The highest BCUT2D eigenvalue weighted by molar-refractivity contribution is 6.76. The normalized spacial score (nSPS) is 13.3. The molecule has 86 valence electrons. The molecule has 0 aliphatic carbocycles. The van der Waals surface area contributed by atoms with E-state index in [1.54, 1.807) is 0 Å². The third-order valence-corrected chi connectivity index (χ3v) is 8.58. The minimum Gasteiger partial charge on any atom is -0.321 e. The van der Waals surface area contributed by atoms with Crippen molar-refractivity contribution in [1.82, 2.24) is 4.57 Å². The van der Waals surface area contributed by atoms with E-state index in [1.165, 1.54) is 19.4 Å². The van der Waals surface area contributed by atoms with Crippen LogP contribution in [-0.4, -0.2) is 25.4 Å². The van der Waals surface area contributed by atoms with Gasteiger partial charge in [-0.25, -0.2) is 0 Å². The minimum absolute atomic E-state index is 0.714. The van der Waals surface area contributed by atoms with Crippen molar-refractivity contribution in [2.24, 2.45) is 0 Å². The zero-order valence-corrected chi connectivity index (χ0v) is 12.2. The van der Waals surface area contributed by atoms with Crippen molar-refractivity contribution >= 4 is 8.24 Å².